The van der Waals surface area contributed by atoms with Gasteiger partial charge in [-0.25, -0.2) is 9.59 Å². The summed E-state index contributed by atoms with van der Waals surface area (Å²) in [5.41, 5.74) is 1.80. The largest absolute Gasteiger partial charge is 0.463 e. The number of amides is 1. The molecule has 1 N–H and O–H groups in total. The van der Waals surface area contributed by atoms with Crippen molar-refractivity contribution in [3.05, 3.63) is 41.0 Å². The van der Waals surface area contributed by atoms with Crippen molar-refractivity contribution in [1.29, 1.82) is 0 Å². The van der Waals surface area contributed by atoms with Gasteiger partial charge in [-0.15, -0.1) is 0 Å². The Labute approximate surface area is 137 Å². The monoisotopic (exact) mass is 319 g/mol. The van der Waals surface area contributed by atoms with E-state index in [-0.39, 0.29) is 5.97 Å². The van der Waals surface area contributed by atoms with Gasteiger partial charge in [0.15, 0.2) is 0 Å². The fraction of sp³-hybridized carbons (Fsp3) is 0.444. The zero-order valence-electron chi connectivity index (χ0n) is 14.4. The molecule has 0 spiro atoms. The molecule has 0 radical (unpaired) electrons. The number of hydrogen-bond donors (Lipinski definition) is 1. The molecule has 0 unspecified atom stereocenters. The maximum absolute atomic E-state index is 11.6. The smallest absolute Gasteiger partial charge is 0.407 e. The van der Waals surface area contributed by atoms with Crippen molar-refractivity contribution in [2.24, 2.45) is 0 Å². The number of carbonyl (C=O) groups excluding carboxylic acids is 2. The molecule has 1 aromatic rings. The van der Waals surface area contributed by atoms with Gasteiger partial charge in [-0.3, -0.25) is 0 Å². The molecule has 0 aromatic heterocycles. The molecule has 5 nitrogen and oxygen atoms in total. The van der Waals surface area contributed by atoms with Crippen LogP contribution < -0.4 is 5.32 Å². The predicted molar refractivity (Wildman–Crippen MR) is 89.8 cm³/mol. The van der Waals surface area contributed by atoms with Crippen LogP contribution in [0.5, 0.6) is 0 Å². The summed E-state index contributed by atoms with van der Waals surface area (Å²) in [5.74, 6) is -0.329. The van der Waals surface area contributed by atoms with Crippen LogP contribution in [0.1, 0.15) is 45.7 Å². The van der Waals surface area contributed by atoms with Gasteiger partial charge >= 0.3 is 12.1 Å². The minimum Gasteiger partial charge on any atom is -0.463 e. The summed E-state index contributed by atoms with van der Waals surface area (Å²) in [6.45, 7) is 9.64. The standard InChI is InChI=1S/C18H25NO4/c1-6-22-16(20)13(2)10-14-8-7-9-15(11-14)12-19-17(21)23-18(3,4)5/h7-11H,6,12H2,1-5H3,(H,19,21)/b13-10+. The lowest BCUT2D eigenvalue weighted by molar-refractivity contribution is -0.138. The molecular formula is C18H25NO4. The van der Waals surface area contributed by atoms with Gasteiger partial charge in [0.2, 0.25) is 0 Å². The molecule has 0 aliphatic carbocycles. The normalized spacial score (nSPS) is 11.8. The molecule has 23 heavy (non-hydrogen) atoms. The first-order chi connectivity index (χ1) is 10.7. The van der Waals surface area contributed by atoms with Gasteiger partial charge in [0.25, 0.3) is 0 Å². The van der Waals surface area contributed by atoms with Crippen LogP contribution in [0.3, 0.4) is 0 Å². The van der Waals surface area contributed by atoms with E-state index in [2.05, 4.69) is 5.32 Å². The van der Waals surface area contributed by atoms with Gasteiger partial charge in [0.05, 0.1) is 6.61 Å². The van der Waals surface area contributed by atoms with Gasteiger partial charge < -0.3 is 14.8 Å². The second-order valence-electron chi connectivity index (χ2n) is 6.15. The Kier molecular flexibility index (Phi) is 6.82. The fourth-order valence-electron chi connectivity index (χ4n) is 1.84. The lowest BCUT2D eigenvalue weighted by atomic mass is 10.1. The first-order valence-electron chi connectivity index (χ1n) is 7.62. The number of hydrogen-bond acceptors (Lipinski definition) is 4. The van der Waals surface area contributed by atoms with Crippen molar-refractivity contribution < 1.29 is 19.1 Å². The number of nitrogens with one attached hydrogen (secondary N) is 1. The van der Waals surface area contributed by atoms with E-state index in [0.717, 1.165) is 11.1 Å². The SMILES string of the molecule is CCOC(=O)/C(C)=C/c1cccc(CNC(=O)OC(C)(C)C)c1. The average Bonchev–Trinajstić information content (AvgIpc) is 2.44. The zero-order valence-corrected chi connectivity index (χ0v) is 14.4. The summed E-state index contributed by atoms with van der Waals surface area (Å²) < 4.78 is 10.1. The summed E-state index contributed by atoms with van der Waals surface area (Å²) in [5, 5.41) is 2.71. The molecule has 0 aliphatic rings. The van der Waals surface area contributed by atoms with Crippen molar-refractivity contribution in [2.45, 2.75) is 46.8 Å². The maximum Gasteiger partial charge on any atom is 0.407 e. The van der Waals surface area contributed by atoms with Gasteiger partial charge in [0, 0.05) is 12.1 Å². The highest BCUT2D eigenvalue weighted by Gasteiger charge is 2.15. The number of ether oxygens (including phenoxy) is 2. The number of benzene rings is 1. The quantitative estimate of drug-likeness (QED) is 0.664. The van der Waals surface area contributed by atoms with E-state index >= 15 is 0 Å². The van der Waals surface area contributed by atoms with Crippen LogP contribution in [0.25, 0.3) is 6.08 Å². The van der Waals surface area contributed by atoms with Crippen molar-refractivity contribution in [3.63, 3.8) is 0 Å². The molecule has 0 saturated carbocycles. The van der Waals surface area contributed by atoms with E-state index in [0.29, 0.717) is 18.7 Å². The fourth-order valence-corrected chi connectivity index (χ4v) is 1.84. The average molecular weight is 319 g/mol. The summed E-state index contributed by atoms with van der Waals surface area (Å²) in [6.07, 6.45) is 1.30. The third kappa shape index (κ3) is 7.49. The highest BCUT2D eigenvalue weighted by molar-refractivity contribution is 5.93. The van der Waals surface area contributed by atoms with E-state index in [1.807, 2.05) is 45.0 Å². The van der Waals surface area contributed by atoms with Crippen molar-refractivity contribution in [1.82, 2.24) is 5.32 Å². The third-order valence-corrected chi connectivity index (χ3v) is 2.77. The van der Waals surface area contributed by atoms with Crippen molar-refractivity contribution >= 4 is 18.1 Å². The van der Waals surface area contributed by atoms with Crippen LogP contribution in [0.2, 0.25) is 0 Å². The first kappa shape index (κ1) is 18.7. The number of carbonyl (C=O) groups is 2. The van der Waals surface area contributed by atoms with E-state index in [4.69, 9.17) is 9.47 Å². The Bertz CT molecular complexity index is 585. The van der Waals surface area contributed by atoms with Crippen LogP contribution in [0.4, 0.5) is 4.79 Å². The van der Waals surface area contributed by atoms with Crippen LogP contribution >= 0.6 is 0 Å². The van der Waals surface area contributed by atoms with Gasteiger partial charge in [-0.2, -0.15) is 0 Å². The summed E-state index contributed by atoms with van der Waals surface area (Å²) in [6, 6.07) is 7.56. The van der Waals surface area contributed by atoms with Crippen LogP contribution in [0, 0.1) is 0 Å². The van der Waals surface area contributed by atoms with E-state index < -0.39 is 11.7 Å². The highest BCUT2D eigenvalue weighted by Crippen LogP contribution is 2.11. The molecular weight excluding hydrogens is 294 g/mol. The Morgan fingerprint density at radius 1 is 1.26 bits per heavy atom. The van der Waals surface area contributed by atoms with Crippen molar-refractivity contribution in [2.75, 3.05) is 6.61 Å². The Morgan fingerprint density at radius 3 is 2.57 bits per heavy atom. The first-order valence-corrected chi connectivity index (χ1v) is 7.62. The van der Waals surface area contributed by atoms with Gasteiger partial charge in [-0.1, -0.05) is 18.2 Å². The molecule has 0 bridgehead atoms. The van der Waals surface area contributed by atoms with Crippen LogP contribution in [-0.4, -0.2) is 24.3 Å². The van der Waals surface area contributed by atoms with E-state index in [1.54, 1.807) is 19.9 Å². The number of esters is 1. The summed E-state index contributed by atoms with van der Waals surface area (Å²) in [4.78, 5) is 23.3. The molecule has 1 rings (SSSR count). The molecule has 5 heteroatoms. The second kappa shape index (κ2) is 8.36. The lowest BCUT2D eigenvalue weighted by Crippen LogP contribution is -2.32. The van der Waals surface area contributed by atoms with Gasteiger partial charge in [0.1, 0.15) is 5.60 Å². The lowest BCUT2D eigenvalue weighted by Gasteiger charge is -2.19. The maximum atomic E-state index is 11.6. The van der Waals surface area contributed by atoms with E-state index in [1.165, 1.54) is 0 Å². The molecule has 0 atom stereocenters. The Balaban J connectivity index is 2.68. The molecule has 1 aromatic carbocycles. The second-order valence-corrected chi connectivity index (χ2v) is 6.15. The van der Waals surface area contributed by atoms with Crippen LogP contribution in [-0.2, 0) is 20.8 Å². The number of alkyl carbamates (subject to hydrolysis) is 1. The highest BCUT2D eigenvalue weighted by atomic mass is 16.6. The number of rotatable bonds is 5. The molecule has 1 amide bonds. The van der Waals surface area contributed by atoms with Crippen molar-refractivity contribution in [3.8, 4) is 0 Å². The molecule has 0 saturated heterocycles. The van der Waals surface area contributed by atoms with Gasteiger partial charge in [-0.05, 0) is 57.9 Å². The molecule has 0 heterocycles. The summed E-state index contributed by atoms with van der Waals surface area (Å²) >= 11 is 0. The summed E-state index contributed by atoms with van der Waals surface area (Å²) in [7, 11) is 0. The van der Waals surface area contributed by atoms with E-state index in [9.17, 15) is 9.59 Å². The topological polar surface area (TPSA) is 64.6 Å². The third-order valence-electron chi connectivity index (χ3n) is 2.77. The molecule has 0 aliphatic heterocycles. The molecule has 0 fully saturated rings. The molecule has 126 valence electrons. The Hall–Kier alpha value is -2.30. The minimum atomic E-state index is -0.522. The minimum absolute atomic E-state index is 0.329. The Morgan fingerprint density at radius 2 is 1.96 bits per heavy atom. The zero-order chi connectivity index (χ0) is 17.5. The predicted octanol–water partition coefficient (Wildman–Crippen LogP) is 3.68. The van der Waals surface area contributed by atoms with Crippen LogP contribution in [0.15, 0.2) is 29.8 Å².